The fourth-order valence-corrected chi connectivity index (χ4v) is 5.38. The molecule has 1 saturated heterocycles. The van der Waals surface area contributed by atoms with Crippen molar-refractivity contribution in [3.8, 4) is 11.5 Å². The zero-order valence-electron chi connectivity index (χ0n) is 23.4. The molecule has 1 N–H and O–H groups in total. The summed E-state index contributed by atoms with van der Waals surface area (Å²) in [5, 5.41) is 3.35. The Morgan fingerprint density at radius 2 is 1.80 bits per heavy atom. The molecule has 2 aliphatic heterocycles. The first-order valence-corrected chi connectivity index (χ1v) is 13.5. The van der Waals surface area contributed by atoms with E-state index in [0.29, 0.717) is 65.1 Å². The van der Waals surface area contributed by atoms with Crippen molar-refractivity contribution in [2.75, 3.05) is 54.1 Å². The van der Waals surface area contributed by atoms with Gasteiger partial charge in [0.2, 0.25) is 0 Å². The number of rotatable bonds is 8. The van der Waals surface area contributed by atoms with Crippen LogP contribution in [0.3, 0.4) is 0 Å². The smallest absolute Gasteiger partial charge is 0.338 e. The van der Waals surface area contributed by atoms with Crippen LogP contribution in [0, 0.1) is 0 Å². The van der Waals surface area contributed by atoms with Crippen molar-refractivity contribution in [3.05, 3.63) is 69.9 Å². The molecule has 0 bridgehead atoms. The summed E-state index contributed by atoms with van der Waals surface area (Å²) in [5.74, 6) is 0.383. The molecule has 214 valence electrons. The Bertz CT molecular complexity index is 1320. The number of ether oxygens (including phenoxy) is 3. The number of carbonyl (C=O) groups is 3. The van der Waals surface area contributed by atoms with Crippen LogP contribution in [-0.4, -0.2) is 92.7 Å². The molecular formula is C29H35ClN4O6. The van der Waals surface area contributed by atoms with Crippen LogP contribution in [0.25, 0.3) is 0 Å². The van der Waals surface area contributed by atoms with Crippen molar-refractivity contribution < 1.29 is 28.6 Å². The average molecular weight is 571 g/mol. The molecule has 0 spiro atoms. The zero-order valence-corrected chi connectivity index (χ0v) is 24.2. The largest absolute Gasteiger partial charge is 0.493 e. The minimum atomic E-state index is -0.752. The molecule has 2 aromatic rings. The van der Waals surface area contributed by atoms with E-state index in [1.165, 1.54) is 12.0 Å². The van der Waals surface area contributed by atoms with Crippen LogP contribution in [0.15, 0.2) is 53.7 Å². The minimum absolute atomic E-state index is 0.117. The Labute approximate surface area is 239 Å². The quantitative estimate of drug-likeness (QED) is 0.483. The lowest BCUT2D eigenvalue weighted by Crippen LogP contribution is -2.56. The third-order valence-electron chi connectivity index (χ3n) is 7.26. The van der Waals surface area contributed by atoms with Gasteiger partial charge in [-0.15, -0.1) is 0 Å². The molecule has 2 heterocycles. The number of urea groups is 1. The first-order chi connectivity index (χ1) is 19.2. The second kappa shape index (κ2) is 12.6. The highest BCUT2D eigenvalue weighted by molar-refractivity contribution is 6.33. The summed E-state index contributed by atoms with van der Waals surface area (Å²) >= 11 is 6.28. The lowest BCUT2D eigenvalue weighted by Gasteiger charge is -2.42. The number of hydrogen-bond acceptors (Lipinski definition) is 7. The lowest BCUT2D eigenvalue weighted by molar-refractivity contribution is -0.139. The molecule has 4 rings (SSSR count). The van der Waals surface area contributed by atoms with Crippen molar-refractivity contribution in [1.29, 1.82) is 0 Å². The minimum Gasteiger partial charge on any atom is -0.493 e. The van der Waals surface area contributed by atoms with E-state index in [-0.39, 0.29) is 24.6 Å². The molecule has 2 aromatic carbocycles. The van der Waals surface area contributed by atoms with E-state index in [9.17, 15) is 14.4 Å². The molecule has 0 aliphatic carbocycles. The molecule has 11 heteroatoms. The second-order valence-electron chi connectivity index (χ2n) is 9.70. The molecule has 0 aromatic heterocycles. The Kier molecular flexibility index (Phi) is 9.21. The first-order valence-electron chi connectivity index (χ1n) is 13.1. The van der Waals surface area contributed by atoms with Crippen molar-refractivity contribution >= 4 is 29.5 Å². The molecule has 40 heavy (non-hydrogen) atoms. The number of likely N-dealkylation sites (N-methyl/N-ethyl adjacent to an activating group) is 1. The second-order valence-corrected chi connectivity index (χ2v) is 10.1. The number of hydrogen-bond donors (Lipinski definition) is 1. The van der Waals surface area contributed by atoms with E-state index in [1.54, 1.807) is 63.5 Å². The molecule has 0 saturated carbocycles. The Balaban J connectivity index is 1.64. The predicted molar refractivity (Wildman–Crippen MR) is 151 cm³/mol. The number of piperazine rings is 1. The van der Waals surface area contributed by atoms with Gasteiger partial charge in [0.05, 0.1) is 43.0 Å². The summed E-state index contributed by atoms with van der Waals surface area (Å²) in [4.78, 5) is 45.1. The fraction of sp³-hybridized carbons (Fsp3) is 0.414. The van der Waals surface area contributed by atoms with Crippen molar-refractivity contribution in [1.82, 2.24) is 20.0 Å². The summed E-state index contributed by atoms with van der Waals surface area (Å²) in [6, 6.07) is 11.1. The summed E-state index contributed by atoms with van der Waals surface area (Å²) in [6.07, 6.45) is 0. The Morgan fingerprint density at radius 3 is 2.45 bits per heavy atom. The summed E-state index contributed by atoms with van der Waals surface area (Å²) in [6.45, 7) is 5.80. The predicted octanol–water partition coefficient (Wildman–Crippen LogP) is 3.72. The number of carbonyl (C=O) groups excluding carboxylic acids is 3. The van der Waals surface area contributed by atoms with Crippen molar-refractivity contribution in [3.63, 3.8) is 0 Å². The van der Waals surface area contributed by atoms with Gasteiger partial charge in [-0.3, -0.25) is 14.6 Å². The van der Waals surface area contributed by atoms with E-state index in [4.69, 9.17) is 25.8 Å². The number of benzene rings is 2. The number of nitrogens with zero attached hydrogens (tertiary/aromatic N) is 3. The van der Waals surface area contributed by atoms with Gasteiger partial charge in [0.15, 0.2) is 11.5 Å². The normalized spacial score (nSPS) is 19.8. The van der Waals surface area contributed by atoms with Crippen LogP contribution in [0.2, 0.25) is 5.02 Å². The van der Waals surface area contributed by atoms with Crippen LogP contribution in [0.5, 0.6) is 11.5 Å². The maximum Gasteiger partial charge on any atom is 0.338 e. The third kappa shape index (κ3) is 5.88. The Hall–Kier alpha value is -3.76. The summed E-state index contributed by atoms with van der Waals surface area (Å²) in [5.41, 5.74) is 2.01. The highest BCUT2D eigenvalue weighted by atomic mass is 35.5. The Morgan fingerprint density at radius 1 is 1.07 bits per heavy atom. The highest BCUT2D eigenvalue weighted by Crippen LogP contribution is 2.36. The van der Waals surface area contributed by atoms with Gasteiger partial charge in [-0.2, -0.15) is 0 Å². The number of esters is 1. The maximum atomic E-state index is 13.4. The van der Waals surface area contributed by atoms with E-state index < -0.39 is 12.0 Å². The van der Waals surface area contributed by atoms with E-state index >= 15 is 0 Å². The number of methoxy groups -OCH3 is 2. The van der Waals surface area contributed by atoms with Crippen molar-refractivity contribution in [2.24, 2.45) is 0 Å². The summed E-state index contributed by atoms with van der Waals surface area (Å²) < 4.78 is 16.3. The van der Waals surface area contributed by atoms with Gasteiger partial charge in [0.25, 0.3) is 5.91 Å². The number of amides is 3. The van der Waals surface area contributed by atoms with Crippen LogP contribution >= 0.6 is 11.6 Å². The van der Waals surface area contributed by atoms with E-state index in [1.807, 2.05) is 11.8 Å². The third-order valence-corrected chi connectivity index (χ3v) is 7.59. The molecule has 2 unspecified atom stereocenters. The number of nitrogens with one attached hydrogen (secondary N) is 1. The van der Waals surface area contributed by atoms with Gasteiger partial charge in [-0.25, -0.2) is 9.59 Å². The van der Waals surface area contributed by atoms with E-state index in [2.05, 4.69) is 10.2 Å². The van der Waals surface area contributed by atoms with Gasteiger partial charge in [0, 0.05) is 45.0 Å². The fourth-order valence-electron chi connectivity index (χ4n) is 5.16. The molecule has 0 radical (unpaired) electrons. The molecule has 2 atom stereocenters. The molecule has 3 amide bonds. The average Bonchev–Trinajstić information content (AvgIpc) is 2.95. The van der Waals surface area contributed by atoms with Gasteiger partial charge >= 0.3 is 12.0 Å². The maximum absolute atomic E-state index is 13.4. The van der Waals surface area contributed by atoms with Gasteiger partial charge in [-0.1, -0.05) is 29.8 Å². The van der Waals surface area contributed by atoms with Gasteiger partial charge < -0.3 is 24.4 Å². The molecule has 2 aliphatic rings. The molecule has 1 fully saturated rings. The highest BCUT2D eigenvalue weighted by Gasteiger charge is 2.39. The van der Waals surface area contributed by atoms with Crippen LogP contribution in [0.4, 0.5) is 4.79 Å². The van der Waals surface area contributed by atoms with E-state index in [0.717, 1.165) is 0 Å². The lowest BCUT2D eigenvalue weighted by atomic mass is 9.93. The monoisotopic (exact) mass is 570 g/mol. The molecule has 10 nitrogen and oxygen atoms in total. The SMILES string of the molecule is CCOC(=O)C1=C(CN2CCN(C(=O)c3ccccc3Cl)C(C)C2)N(C)C(=O)NC1c1ccc(OC)c(OC)c1. The van der Waals surface area contributed by atoms with Crippen LogP contribution in [-0.2, 0) is 9.53 Å². The van der Waals surface area contributed by atoms with Gasteiger partial charge in [0.1, 0.15) is 0 Å². The van der Waals surface area contributed by atoms with Crippen LogP contribution < -0.4 is 14.8 Å². The summed E-state index contributed by atoms with van der Waals surface area (Å²) in [7, 11) is 4.70. The first kappa shape index (κ1) is 29.2. The molecular weight excluding hydrogens is 536 g/mol. The topological polar surface area (TPSA) is 101 Å². The van der Waals surface area contributed by atoms with Crippen LogP contribution in [0.1, 0.15) is 35.8 Å². The standard InChI is InChI=1S/C29H35ClN4O6/c1-6-40-28(36)25-22(32(3)29(37)31-26(25)19-11-12-23(38-4)24(15-19)39-5)17-33-13-14-34(18(2)16-33)27(35)20-9-7-8-10-21(20)30/h7-12,15,18,26H,6,13-14,16-17H2,1-5H3,(H,31,37). The number of halogens is 1. The zero-order chi connectivity index (χ0) is 29.0. The van der Waals surface area contributed by atoms with Crippen molar-refractivity contribution in [2.45, 2.75) is 25.9 Å². The van der Waals surface area contributed by atoms with Gasteiger partial charge in [-0.05, 0) is 43.7 Å².